The minimum absolute atomic E-state index is 0.624. The highest BCUT2D eigenvalue weighted by Gasteiger charge is 2.13. The van der Waals surface area contributed by atoms with Gasteiger partial charge in [0.15, 0.2) is 0 Å². The Balaban J connectivity index is 2.23. The second kappa shape index (κ2) is 5.18. The number of rotatable bonds is 4. The average molecular weight is 234 g/mol. The highest BCUT2D eigenvalue weighted by atomic mass is 32.1. The predicted octanol–water partition coefficient (Wildman–Crippen LogP) is 2.57. The van der Waals surface area contributed by atoms with Crippen LogP contribution in [0.1, 0.15) is 36.3 Å². The summed E-state index contributed by atoms with van der Waals surface area (Å²) in [4.78, 5) is 0. The average Bonchev–Trinajstić information content (AvgIpc) is 2.82. The molecule has 2 aromatic rings. The van der Waals surface area contributed by atoms with Crippen molar-refractivity contribution in [2.24, 2.45) is 0 Å². The van der Waals surface area contributed by atoms with E-state index in [4.69, 9.17) is 0 Å². The van der Waals surface area contributed by atoms with Crippen molar-refractivity contribution >= 4 is 11.7 Å². The van der Waals surface area contributed by atoms with Crippen LogP contribution in [-0.4, -0.2) is 13.9 Å². The van der Waals surface area contributed by atoms with E-state index < -0.39 is 6.10 Å². The number of hydrogen-bond acceptors (Lipinski definition) is 4. The lowest BCUT2D eigenvalue weighted by Crippen LogP contribution is -2.00. The predicted molar refractivity (Wildman–Crippen MR) is 64.4 cm³/mol. The third-order valence-corrected chi connectivity index (χ3v) is 2.96. The zero-order valence-corrected chi connectivity index (χ0v) is 9.94. The summed E-state index contributed by atoms with van der Waals surface area (Å²) in [5.74, 6) is 0. The first-order chi connectivity index (χ1) is 7.81. The monoisotopic (exact) mass is 234 g/mol. The van der Waals surface area contributed by atoms with Crippen LogP contribution in [0.5, 0.6) is 0 Å². The maximum atomic E-state index is 10.1. The largest absolute Gasteiger partial charge is 0.382 e. The molecule has 1 aromatic heterocycles. The van der Waals surface area contributed by atoms with Gasteiger partial charge in [-0.2, -0.15) is 8.75 Å². The minimum Gasteiger partial charge on any atom is -0.382 e. The summed E-state index contributed by atoms with van der Waals surface area (Å²) < 4.78 is 7.95. The van der Waals surface area contributed by atoms with Gasteiger partial charge in [0.25, 0.3) is 0 Å². The quantitative estimate of drug-likeness (QED) is 0.884. The molecule has 3 nitrogen and oxygen atoms in total. The van der Waals surface area contributed by atoms with E-state index in [1.807, 2.05) is 18.2 Å². The van der Waals surface area contributed by atoms with Crippen LogP contribution < -0.4 is 0 Å². The molecule has 2 rings (SSSR count). The van der Waals surface area contributed by atoms with Gasteiger partial charge >= 0.3 is 0 Å². The van der Waals surface area contributed by atoms with Gasteiger partial charge < -0.3 is 5.11 Å². The van der Waals surface area contributed by atoms with Crippen molar-refractivity contribution in [3.8, 4) is 0 Å². The lowest BCUT2D eigenvalue weighted by molar-refractivity contribution is 0.216. The lowest BCUT2D eigenvalue weighted by atomic mass is 10.0. The van der Waals surface area contributed by atoms with Crippen molar-refractivity contribution in [3.05, 3.63) is 47.3 Å². The number of nitrogens with zero attached hydrogens (tertiary/aromatic N) is 2. The Labute approximate surface area is 99.1 Å². The van der Waals surface area contributed by atoms with Crippen LogP contribution in [-0.2, 0) is 6.42 Å². The number of hydrogen-bond donors (Lipinski definition) is 1. The van der Waals surface area contributed by atoms with E-state index >= 15 is 0 Å². The van der Waals surface area contributed by atoms with Gasteiger partial charge in [-0.05, 0) is 17.5 Å². The summed E-state index contributed by atoms with van der Waals surface area (Å²) in [7, 11) is 0. The molecular formula is C12H14N2OS. The Bertz CT molecular complexity index is 442. The fraction of sp³-hybridized carbons (Fsp3) is 0.333. The van der Waals surface area contributed by atoms with E-state index in [1.165, 1.54) is 5.56 Å². The molecule has 0 radical (unpaired) electrons. The van der Waals surface area contributed by atoms with Crippen LogP contribution >= 0.6 is 11.7 Å². The molecule has 1 heterocycles. The molecule has 0 saturated heterocycles. The fourth-order valence-electron chi connectivity index (χ4n) is 1.67. The van der Waals surface area contributed by atoms with Crippen LogP contribution in [0.15, 0.2) is 30.5 Å². The molecule has 0 amide bonds. The molecule has 0 aliphatic heterocycles. The van der Waals surface area contributed by atoms with E-state index in [0.717, 1.165) is 30.1 Å². The maximum absolute atomic E-state index is 10.1. The summed E-state index contributed by atoms with van der Waals surface area (Å²) in [6.07, 6.45) is 3.10. The maximum Gasteiger partial charge on any atom is 0.124 e. The van der Waals surface area contributed by atoms with Crippen molar-refractivity contribution in [2.75, 3.05) is 0 Å². The molecular weight excluding hydrogens is 220 g/mol. The van der Waals surface area contributed by atoms with Gasteiger partial charge in [0.2, 0.25) is 0 Å². The molecule has 84 valence electrons. The summed E-state index contributed by atoms with van der Waals surface area (Å²) in [5, 5.41) is 10.1. The lowest BCUT2D eigenvalue weighted by Gasteiger charge is -2.09. The van der Waals surface area contributed by atoms with E-state index in [0.29, 0.717) is 5.69 Å². The first kappa shape index (κ1) is 11.2. The molecule has 4 heteroatoms. The van der Waals surface area contributed by atoms with Crippen LogP contribution in [0.3, 0.4) is 0 Å². The van der Waals surface area contributed by atoms with E-state index in [2.05, 4.69) is 21.7 Å². The number of aliphatic hydroxyl groups excluding tert-OH is 1. The molecule has 16 heavy (non-hydrogen) atoms. The zero-order valence-electron chi connectivity index (χ0n) is 9.13. The molecule has 1 unspecified atom stereocenters. The molecule has 1 N–H and O–H groups in total. The molecule has 1 aromatic carbocycles. The Kier molecular flexibility index (Phi) is 3.64. The third-order valence-electron chi connectivity index (χ3n) is 2.46. The standard InChI is InChI=1S/C12H14N2OS/c1-2-4-9-5-3-6-10(7-9)12(15)11-8-13-16-14-11/h3,5-8,12,15H,2,4H2,1H3. The summed E-state index contributed by atoms with van der Waals surface area (Å²) in [6, 6.07) is 8.01. The first-order valence-electron chi connectivity index (χ1n) is 5.35. The highest BCUT2D eigenvalue weighted by molar-refractivity contribution is 6.99. The molecule has 1 atom stereocenters. The van der Waals surface area contributed by atoms with Crippen LogP contribution in [0.2, 0.25) is 0 Å². The van der Waals surface area contributed by atoms with Gasteiger partial charge in [-0.3, -0.25) is 0 Å². The van der Waals surface area contributed by atoms with Gasteiger partial charge in [-0.1, -0.05) is 37.6 Å². The van der Waals surface area contributed by atoms with Gasteiger partial charge in [0, 0.05) is 0 Å². The minimum atomic E-state index is -0.657. The topological polar surface area (TPSA) is 46.0 Å². The second-order valence-electron chi connectivity index (χ2n) is 3.73. The fourth-order valence-corrected chi connectivity index (χ4v) is 2.11. The van der Waals surface area contributed by atoms with Gasteiger partial charge in [-0.25, -0.2) is 0 Å². The number of aliphatic hydroxyl groups is 1. The van der Waals surface area contributed by atoms with Gasteiger partial charge in [-0.15, -0.1) is 0 Å². The summed E-state index contributed by atoms with van der Waals surface area (Å²) in [6.45, 7) is 2.15. The van der Waals surface area contributed by atoms with Crippen molar-refractivity contribution in [2.45, 2.75) is 25.9 Å². The SMILES string of the molecule is CCCc1cccc(C(O)c2cnsn2)c1. The molecule has 0 aliphatic carbocycles. The molecule has 0 aliphatic rings. The van der Waals surface area contributed by atoms with Crippen molar-refractivity contribution < 1.29 is 5.11 Å². The van der Waals surface area contributed by atoms with Crippen LogP contribution in [0.25, 0.3) is 0 Å². The Hall–Kier alpha value is -1.26. The second-order valence-corrected chi connectivity index (χ2v) is 4.29. The van der Waals surface area contributed by atoms with Crippen molar-refractivity contribution in [1.82, 2.24) is 8.75 Å². The van der Waals surface area contributed by atoms with Crippen LogP contribution in [0.4, 0.5) is 0 Å². The third kappa shape index (κ3) is 2.46. The normalized spacial score (nSPS) is 12.6. The molecule has 0 bridgehead atoms. The van der Waals surface area contributed by atoms with Gasteiger partial charge in [0.1, 0.15) is 11.8 Å². The van der Waals surface area contributed by atoms with Crippen molar-refractivity contribution in [3.63, 3.8) is 0 Å². The Morgan fingerprint density at radius 1 is 1.44 bits per heavy atom. The summed E-state index contributed by atoms with van der Waals surface area (Å²) >= 11 is 1.12. The van der Waals surface area contributed by atoms with Crippen molar-refractivity contribution in [1.29, 1.82) is 0 Å². The highest BCUT2D eigenvalue weighted by Crippen LogP contribution is 2.21. The first-order valence-corrected chi connectivity index (χ1v) is 6.08. The van der Waals surface area contributed by atoms with E-state index in [-0.39, 0.29) is 0 Å². The zero-order chi connectivity index (χ0) is 11.4. The molecule has 0 saturated carbocycles. The summed E-state index contributed by atoms with van der Waals surface area (Å²) in [5.41, 5.74) is 2.76. The molecule has 0 spiro atoms. The number of aromatic nitrogens is 2. The van der Waals surface area contributed by atoms with E-state index in [1.54, 1.807) is 6.20 Å². The smallest absolute Gasteiger partial charge is 0.124 e. The Morgan fingerprint density at radius 3 is 3.00 bits per heavy atom. The van der Waals surface area contributed by atoms with Gasteiger partial charge in [0.05, 0.1) is 17.9 Å². The number of benzene rings is 1. The number of aryl methyl sites for hydroxylation is 1. The van der Waals surface area contributed by atoms with E-state index in [9.17, 15) is 5.11 Å². The molecule has 0 fully saturated rings. The Morgan fingerprint density at radius 2 is 2.31 bits per heavy atom. The van der Waals surface area contributed by atoms with Crippen LogP contribution in [0, 0.1) is 0 Å².